The lowest BCUT2D eigenvalue weighted by Gasteiger charge is -2.09. The molecule has 2 aromatic carbocycles. The molecule has 0 unspecified atom stereocenters. The van der Waals surface area contributed by atoms with Crippen LogP contribution in [0.5, 0.6) is 0 Å². The molecule has 0 bridgehead atoms. The third-order valence-corrected chi connectivity index (χ3v) is 5.06. The minimum atomic E-state index is -3.76. The van der Waals surface area contributed by atoms with E-state index in [4.69, 9.17) is 4.74 Å². The summed E-state index contributed by atoms with van der Waals surface area (Å²) < 4.78 is 29.8. The number of ether oxygens (including phenoxy) is 1. The lowest BCUT2D eigenvalue weighted by atomic mass is 10.0. The van der Waals surface area contributed by atoms with Crippen LogP contribution in [0.1, 0.15) is 37.3 Å². The molecule has 144 valence electrons. The van der Waals surface area contributed by atoms with E-state index in [1.807, 2.05) is 37.3 Å². The highest BCUT2D eigenvalue weighted by Crippen LogP contribution is 2.12. The topological polar surface area (TPSA) is 84.8 Å². The van der Waals surface area contributed by atoms with Crippen molar-refractivity contribution in [2.75, 3.05) is 6.61 Å². The van der Waals surface area contributed by atoms with Gasteiger partial charge in [-0.2, -0.15) is 18.4 Å². The predicted molar refractivity (Wildman–Crippen MR) is 105 cm³/mol. The summed E-state index contributed by atoms with van der Waals surface area (Å²) in [7, 11) is -3.76. The van der Waals surface area contributed by atoms with E-state index < -0.39 is 10.0 Å². The molecule has 0 fully saturated rings. The van der Waals surface area contributed by atoms with E-state index in [9.17, 15) is 13.2 Å². The Bertz CT molecular complexity index is 876. The average molecular weight is 388 g/mol. The lowest BCUT2D eigenvalue weighted by Crippen LogP contribution is -2.21. The second kappa shape index (κ2) is 9.87. The number of benzene rings is 2. The average Bonchev–Trinajstić information content (AvgIpc) is 2.66. The van der Waals surface area contributed by atoms with Crippen molar-refractivity contribution in [3.8, 4) is 0 Å². The van der Waals surface area contributed by atoms with Gasteiger partial charge in [0.2, 0.25) is 0 Å². The second-order valence-corrected chi connectivity index (χ2v) is 7.65. The maximum Gasteiger partial charge on any atom is 0.305 e. The highest BCUT2D eigenvalue weighted by molar-refractivity contribution is 7.89. The van der Waals surface area contributed by atoms with E-state index in [0.717, 1.165) is 11.1 Å². The van der Waals surface area contributed by atoms with Gasteiger partial charge in [0, 0.05) is 6.42 Å². The van der Waals surface area contributed by atoms with Gasteiger partial charge in [-0.15, -0.1) is 0 Å². The van der Waals surface area contributed by atoms with Crippen LogP contribution in [-0.2, 0) is 19.6 Å². The Morgan fingerprint density at radius 3 is 2.33 bits per heavy atom. The molecule has 0 amide bonds. The second-order valence-electron chi connectivity index (χ2n) is 5.99. The van der Waals surface area contributed by atoms with E-state index in [2.05, 4.69) is 9.93 Å². The van der Waals surface area contributed by atoms with Crippen molar-refractivity contribution < 1.29 is 17.9 Å². The van der Waals surface area contributed by atoms with Crippen LogP contribution in [0.15, 0.2) is 64.6 Å². The van der Waals surface area contributed by atoms with Gasteiger partial charge in [0.1, 0.15) is 0 Å². The summed E-state index contributed by atoms with van der Waals surface area (Å²) in [6.07, 6.45) is 1.21. The number of carbonyl (C=O) groups excluding carboxylic acids is 1. The van der Waals surface area contributed by atoms with Gasteiger partial charge < -0.3 is 4.74 Å². The zero-order valence-electron chi connectivity index (χ0n) is 15.5. The first-order chi connectivity index (χ1) is 12.9. The van der Waals surface area contributed by atoms with Crippen molar-refractivity contribution in [3.05, 3.63) is 65.7 Å². The fourth-order valence-corrected chi connectivity index (χ4v) is 3.24. The molecule has 0 radical (unpaired) electrons. The number of hydrogen-bond donors (Lipinski definition) is 1. The Balaban J connectivity index is 2.14. The fourth-order valence-electron chi connectivity index (χ4n) is 2.41. The van der Waals surface area contributed by atoms with Gasteiger partial charge >= 0.3 is 5.97 Å². The predicted octanol–water partition coefficient (Wildman–Crippen LogP) is 3.41. The van der Waals surface area contributed by atoms with Crippen LogP contribution in [0.25, 0.3) is 0 Å². The molecule has 0 aliphatic heterocycles. The van der Waals surface area contributed by atoms with Crippen LogP contribution in [0, 0.1) is 6.92 Å². The van der Waals surface area contributed by atoms with Crippen LogP contribution < -0.4 is 4.83 Å². The maximum absolute atomic E-state index is 12.5. The molecule has 6 nitrogen and oxygen atoms in total. The van der Waals surface area contributed by atoms with Crippen LogP contribution >= 0.6 is 0 Å². The summed E-state index contributed by atoms with van der Waals surface area (Å²) in [6.45, 7) is 3.99. The van der Waals surface area contributed by atoms with Crippen molar-refractivity contribution in [1.29, 1.82) is 0 Å². The highest BCUT2D eigenvalue weighted by Gasteiger charge is 2.14. The Labute approximate surface area is 160 Å². The first kappa shape index (κ1) is 20.6. The van der Waals surface area contributed by atoms with E-state index in [-0.39, 0.29) is 17.3 Å². The normalized spacial score (nSPS) is 11.9. The summed E-state index contributed by atoms with van der Waals surface area (Å²) in [5, 5.41) is 4.13. The zero-order chi connectivity index (χ0) is 19.7. The molecular weight excluding hydrogens is 364 g/mol. The van der Waals surface area contributed by atoms with E-state index >= 15 is 0 Å². The molecule has 0 heterocycles. The summed E-state index contributed by atoms with van der Waals surface area (Å²) in [6, 6.07) is 15.8. The largest absolute Gasteiger partial charge is 0.466 e. The Kier molecular flexibility index (Phi) is 7.55. The lowest BCUT2D eigenvalue weighted by molar-refractivity contribution is -0.143. The molecular formula is C20H24N2O4S. The molecule has 1 N–H and O–H groups in total. The maximum atomic E-state index is 12.5. The number of aryl methyl sites for hydroxylation is 1. The molecule has 27 heavy (non-hydrogen) atoms. The molecule has 2 rings (SSSR count). The molecule has 0 aromatic heterocycles. The number of hydrogen-bond acceptors (Lipinski definition) is 5. The SMILES string of the molecule is CCOC(=O)CCC/C(=N/NS(=O)(=O)c1ccc(C)cc1)c1ccccc1. The van der Waals surface area contributed by atoms with Crippen LogP contribution in [0.4, 0.5) is 0 Å². The standard InChI is InChI=1S/C20H24N2O4S/c1-3-26-20(23)11-7-10-19(17-8-5-4-6-9-17)21-22-27(24,25)18-14-12-16(2)13-15-18/h4-6,8-9,12-15,22H,3,7,10-11H2,1-2H3/b21-19-. The van der Waals surface area contributed by atoms with Gasteiger partial charge in [0.15, 0.2) is 0 Å². The quantitative estimate of drug-likeness (QED) is 0.405. The van der Waals surface area contributed by atoms with Crippen molar-refractivity contribution >= 4 is 21.7 Å². The van der Waals surface area contributed by atoms with Gasteiger partial charge in [0.05, 0.1) is 17.2 Å². The Morgan fingerprint density at radius 2 is 1.70 bits per heavy atom. The first-order valence-electron chi connectivity index (χ1n) is 8.78. The molecule has 0 aliphatic carbocycles. The summed E-state index contributed by atoms with van der Waals surface area (Å²) in [5.74, 6) is -0.273. The number of carbonyl (C=O) groups is 1. The summed E-state index contributed by atoms with van der Waals surface area (Å²) in [4.78, 5) is 14.0. The zero-order valence-corrected chi connectivity index (χ0v) is 16.3. The molecule has 2 aromatic rings. The van der Waals surface area contributed by atoms with Gasteiger partial charge in [-0.3, -0.25) is 4.79 Å². The molecule has 0 atom stereocenters. The van der Waals surface area contributed by atoms with Crippen molar-refractivity contribution in [2.24, 2.45) is 5.10 Å². The van der Waals surface area contributed by atoms with Gasteiger partial charge in [0.25, 0.3) is 10.0 Å². The number of nitrogens with one attached hydrogen (secondary N) is 1. The van der Waals surface area contributed by atoms with Gasteiger partial charge in [-0.05, 0) is 44.4 Å². The van der Waals surface area contributed by atoms with Crippen LogP contribution in [0.2, 0.25) is 0 Å². The summed E-state index contributed by atoms with van der Waals surface area (Å²) in [5.41, 5.74) is 2.34. The molecule has 7 heteroatoms. The highest BCUT2D eigenvalue weighted by atomic mass is 32.2. The molecule has 0 aliphatic rings. The van der Waals surface area contributed by atoms with Crippen LogP contribution in [0.3, 0.4) is 0 Å². The van der Waals surface area contributed by atoms with E-state index in [1.165, 1.54) is 12.1 Å². The third-order valence-electron chi connectivity index (χ3n) is 3.84. The molecule has 0 saturated carbocycles. The first-order valence-corrected chi connectivity index (χ1v) is 10.3. The van der Waals surface area contributed by atoms with Crippen molar-refractivity contribution in [3.63, 3.8) is 0 Å². The van der Waals surface area contributed by atoms with E-state index in [1.54, 1.807) is 19.1 Å². The van der Waals surface area contributed by atoms with E-state index in [0.29, 0.717) is 25.2 Å². The van der Waals surface area contributed by atoms with Gasteiger partial charge in [-0.25, -0.2) is 0 Å². The van der Waals surface area contributed by atoms with Crippen molar-refractivity contribution in [1.82, 2.24) is 4.83 Å². The monoisotopic (exact) mass is 388 g/mol. The number of hydrazone groups is 1. The minimum absolute atomic E-state index is 0.149. The molecule has 0 spiro atoms. The Morgan fingerprint density at radius 1 is 1.04 bits per heavy atom. The molecule has 0 saturated heterocycles. The minimum Gasteiger partial charge on any atom is -0.466 e. The third kappa shape index (κ3) is 6.53. The van der Waals surface area contributed by atoms with Crippen LogP contribution in [-0.4, -0.2) is 26.7 Å². The number of nitrogens with zero attached hydrogens (tertiary/aromatic N) is 1. The fraction of sp³-hybridized carbons (Fsp3) is 0.300. The van der Waals surface area contributed by atoms with Gasteiger partial charge in [-0.1, -0.05) is 48.0 Å². The number of sulfonamides is 1. The summed E-state index contributed by atoms with van der Waals surface area (Å²) >= 11 is 0. The number of rotatable bonds is 9. The Hall–Kier alpha value is -2.67. The smallest absolute Gasteiger partial charge is 0.305 e. The number of esters is 1. The van der Waals surface area contributed by atoms with Crippen molar-refractivity contribution in [2.45, 2.75) is 38.0 Å².